The maximum Gasteiger partial charge on any atom is 0.339 e. The van der Waals surface area contributed by atoms with Crippen molar-refractivity contribution in [3.05, 3.63) is 33.5 Å². The zero-order valence-corrected chi connectivity index (χ0v) is 11.2. The second-order valence-electron chi connectivity index (χ2n) is 4.09. The van der Waals surface area contributed by atoms with Crippen LogP contribution in [-0.2, 0) is 13.0 Å². The normalized spacial score (nSPS) is 10.8. The lowest BCUT2D eigenvalue weighted by atomic mass is 10.3. The van der Waals surface area contributed by atoms with E-state index in [1.165, 1.54) is 6.20 Å². The Labute approximate surface area is 109 Å². The Hall–Kier alpha value is -1.69. The van der Waals surface area contributed by atoms with E-state index in [0.29, 0.717) is 12.2 Å². The predicted octanol–water partition coefficient (Wildman–Crippen LogP) is 2.35. The number of carboxylic acid groups (broad SMARTS) is 1. The standard InChI is InChI=1S/C12H15N3O2S/c1-3-4-11-14-9(7-18-11)6-15-8(2)10(5-13-15)12(16)17/h5,7H,3-4,6H2,1-2H3,(H,16,17). The van der Waals surface area contributed by atoms with E-state index in [0.717, 1.165) is 23.5 Å². The van der Waals surface area contributed by atoms with Crippen LogP contribution in [-0.4, -0.2) is 25.8 Å². The van der Waals surface area contributed by atoms with Crippen LogP contribution in [0.3, 0.4) is 0 Å². The molecule has 2 heterocycles. The first-order valence-electron chi connectivity index (χ1n) is 5.80. The van der Waals surface area contributed by atoms with Gasteiger partial charge in [-0.2, -0.15) is 5.10 Å². The van der Waals surface area contributed by atoms with Crippen molar-refractivity contribution in [2.24, 2.45) is 0 Å². The minimum Gasteiger partial charge on any atom is -0.478 e. The summed E-state index contributed by atoms with van der Waals surface area (Å²) < 4.78 is 1.67. The fourth-order valence-electron chi connectivity index (χ4n) is 1.72. The maximum atomic E-state index is 10.9. The largest absolute Gasteiger partial charge is 0.478 e. The Kier molecular flexibility index (Phi) is 3.76. The Balaban J connectivity index is 2.15. The van der Waals surface area contributed by atoms with E-state index in [-0.39, 0.29) is 5.56 Å². The first kappa shape index (κ1) is 12.8. The summed E-state index contributed by atoms with van der Waals surface area (Å²) in [4.78, 5) is 15.4. The fourth-order valence-corrected chi connectivity index (χ4v) is 2.61. The average molecular weight is 265 g/mol. The molecule has 6 heteroatoms. The quantitative estimate of drug-likeness (QED) is 0.901. The Morgan fingerprint density at radius 1 is 1.56 bits per heavy atom. The van der Waals surface area contributed by atoms with Crippen molar-refractivity contribution in [3.8, 4) is 0 Å². The summed E-state index contributed by atoms with van der Waals surface area (Å²) in [6, 6.07) is 0. The fraction of sp³-hybridized carbons (Fsp3) is 0.417. The minimum atomic E-state index is -0.941. The van der Waals surface area contributed by atoms with E-state index >= 15 is 0 Å². The highest BCUT2D eigenvalue weighted by Crippen LogP contribution is 2.14. The van der Waals surface area contributed by atoms with Gasteiger partial charge in [0.1, 0.15) is 5.56 Å². The van der Waals surface area contributed by atoms with Crippen molar-refractivity contribution >= 4 is 17.3 Å². The second kappa shape index (κ2) is 5.30. The van der Waals surface area contributed by atoms with Gasteiger partial charge < -0.3 is 5.11 Å². The third kappa shape index (κ3) is 2.59. The molecule has 96 valence electrons. The van der Waals surface area contributed by atoms with Gasteiger partial charge in [0.05, 0.1) is 29.1 Å². The molecule has 0 aliphatic rings. The number of carbonyl (C=O) groups is 1. The number of aromatic nitrogens is 3. The van der Waals surface area contributed by atoms with Crippen molar-refractivity contribution in [2.45, 2.75) is 33.2 Å². The van der Waals surface area contributed by atoms with Crippen LogP contribution in [0, 0.1) is 6.92 Å². The summed E-state index contributed by atoms with van der Waals surface area (Å²) in [5.74, 6) is -0.941. The molecule has 0 bridgehead atoms. The Bertz CT molecular complexity index is 559. The van der Waals surface area contributed by atoms with Crippen LogP contribution in [0.25, 0.3) is 0 Å². The molecule has 0 amide bonds. The Morgan fingerprint density at radius 2 is 2.33 bits per heavy atom. The van der Waals surface area contributed by atoms with Crippen molar-refractivity contribution in [3.63, 3.8) is 0 Å². The van der Waals surface area contributed by atoms with Gasteiger partial charge in [-0.25, -0.2) is 9.78 Å². The topological polar surface area (TPSA) is 68.0 Å². The minimum absolute atomic E-state index is 0.249. The molecule has 0 atom stereocenters. The smallest absolute Gasteiger partial charge is 0.339 e. The molecular weight excluding hydrogens is 250 g/mol. The lowest BCUT2D eigenvalue weighted by Crippen LogP contribution is -2.06. The number of thiazole rings is 1. The maximum absolute atomic E-state index is 10.9. The van der Waals surface area contributed by atoms with Crippen molar-refractivity contribution in [1.29, 1.82) is 0 Å². The number of aromatic carboxylic acids is 1. The molecule has 0 spiro atoms. The van der Waals surface area contributed by atoms with Crippen molar-refractivity contribution in [2.75, 3.05) is 0 Å². The molecule has 2 rings (SSSR count). The van der Waals surface area contributed by atoms with Crippen LogP contribution in [0.2, 0.25) is 0 Å². The van der Waals surface area contributed by atoms with Crippen LogP contribution < -0.4 is 0 Å². The van der Waals surface area contributed by atoms with Crippen LogP contribution in [0.4, 0.5) is 0 Å². The summed E-state index contributed by atoms with van der Waals surface area (Å²) in [5.41, 5.74) is 1.85. The van der Waals surface area contributed by atoms with Crippen LogP contribution in [0.15, 0.2) is 11.6 Å². The zero-order valence-electron chi connectivity index (χ0n) is 10.4. The van der Waals surface area contributed by atoms with E-state index < -0.39 is 5.97 Å². The van der Waals surface area contributed by atoms with E-state index in [4.69, 9.17) is 5.11 Å². The third-order valence-electron chi connectivity index (χ3n) is 2.71. The van der Waals surface area contributed by atoms with E-state index in [2.05, 4.69) is 17.0 Å². The monoisotopic (exact) mass is 265 g/mol. The van der Waals surface area contributed by atoms with Crippen LogP contribution >= 0.6 is 11.3 Å². The molecule has 0 aliphatic heterocycles. The molecule has 0 aliphatic carbocycles. The molecule has 18 heavy (non-hydrogen) atoms. The number of hydrogen-bond acceptors (Lipinski definition) is 4. The number of hydrogen-bond donors (Lipinski definition) is 1. The molecule has 2 aromatic heterocycles. The highest BCUT2D eigenvalue weighted by molar-refractivity contribution is 7.09. The molecular formula is C12H15N3O2S. The van der Waals surface area contributed by atoms with Crippen LogP contribution in [0.5, 0.6) is 0 Å². The van der Waals surface area contributed by atoms with Gasteiger partial charge in [-0.3, -0.25) is 4.68 Å². The van der Waals surface area contributed by atoms with Gasteiger partial charge in [-0.15, -0.1) is 11.3 Å². The van der Waals surface area contributed by atoms with Gasteiger partial charge in [-0.1, -0.05) is 6.92 Å². The summed E-state index contributed by atoms with van der Waals surface area (Å²) in [6.45, 7) is 4.41. The molecule has 0 saturated heterocycles. The van der Waals surface area contributed by atoms with Crippen molar-refractivity contribution in [1.82, 2.24) is 14.8 Å². The molecule has 0 unspecified atom stereocenters. The molecule has 5 nitrogen and oxygen atoms in total. The average Bonchev–Trinajstić information content (AvgIpc) is 2.89. The molecule has 0 fully saturated rings. The number of aryl methyl sites for hydroxylation is 1. The molecule has 0 radical (unpaired) electrons. The van der Waals surface area contributed by atoms with Gasteiger partial charge in [0.2, 0.25) is 0 Å². The highest BCUT2D eigenvalue weighted by atomic mass is 32.1. The van der Waals surface area contributed by atoms with Gasteiger partial charge in [0.25, 0.3) is 0 Å². The highest BCUT2D eigenvalue weighted by Gasteiger charge is 2.13. The van der Waals surface area contributed by atoms with Gasteiger partial charge >= 0.3 is 5.97 Å². The third-order valence-corrected chi connectivity index (χ3v) is 3.67. The SMILES string of the molecule is CCCc1nc(Cn2ncc(C(=O)O)c2C)cs1. The lowest BCUT2D eigenvalue weighted by Gasteiger charge is -2.01. The van der Waals surface area contributed by atoms with Gasteiger partial charge in [0.15, 0.2) is 0 Å². The lowest BCUT2D eigenvalue weighted by molar-refractivity contribution is 0.0696. The Morgan fingerprint density at radius 3 is 2.94 bits per heavy atom. The first-order chi connectivity index (χ1) is 8.61. The first-order valence-corrected chi connectivity index (χ1v) is 6.68. The van der Waals surface area contributed by atoms with Crippen LogP contribution in [0.1, 0.15) is 40.1 Å². The summed E-state index contributed by atoms with van der Waals surface area (Å²) in [7, 11) is 0. The van der Waals surface area contributed by atoms with Gasteiger partial charge in [0, 0.05) is 5.38 Å². The van der Waals surface area contributed by atoms with E-state index in [9.17, 15) is 4.79 Å². The summed E-state index contributed by atoms with van der Waals surface area (Å²) in [6.07, 6.45) is 3.46. The molecule has 0 saturated carbocycles. The zero-order chi connectivity index (χ0) is 13.1. The predicted molar refractivity (Wildman–Crippen MR) is 69.1 cm³/mol. The summed E-state index contributed by atoms with van der Waals surface area (Å²) in [5, 5.41) is 16.2. The number of nitrogens with zero attached hydrogens (tertiary/aromatic N) is 3. The molecule has 2 aromatic rings. The molecule has 0 aromatic carbocycles. The van der Waals surface area contributed by atoms with Crippen molar-refractivity contribution < 1.29 is 9.90 Å². The summed E-state index contributed by atoms with van der Waals surface area (Å²) >= 11 is 1.64. The number of rotatable bonds is 5. The van der Waals surface area contributed by atoms with Gasteiger partial charge in [-0.05, 0) is 19.8 Å². The van der Waals surface area contributed by atoms with E-state index in [1.807, 2.05) is 5.38 Å². The number of carboxylic acids is 1. The second-order valence-corrected chi connectivity index (χ2v) is 5.03. The van der Waals surface area contributed by atoms with E-state index in [1.54, 1.807) is 22.9 Å². The molecule has 1 N–H and O–H groups in total.